The van der Waals surface area contributed by atoms with Gasteiger partial charge >= 0.3 is 6.36 Å². The third-order valence-electron chi connectivity index (χ3n) is 5.59. The molecule has 0 bridgehead atoms. The molecule has 0 radical (unpaired) electrons. The van der Waals surface area contributed by atoms with Gasteiger partial charge in [0.25, 0.3) is 5.91 Å². The third kappa shape index (κ3) is 9.33. The van der Waals surface area contributed by atoms with E-state index in [-0.39, 0.29) is 30.1 Å². The van der Waals surface area contributed by atoms with Crippen LogP contribution in [0.5, 0.6) is 5.75 Å². The van der Waals surface area contributed by atoms with Gasteiger partial charge in [-0.1, -0.05) is 11.3 Å². The number of nitrogens with one attached hydrogen (secondary N) is 2. The van der Waals surface area contributed by atoms with E-state index in [1.165, 1.54) is 10.9 Å². The summed E-state index contributed by atoms with van der Waals surface area (Å²) in [5.74, 6) is -1.97. The molecule has 2 N–H and O–H groups in total. The number of nitrogens with zero attached hydrogens (tertiary/aromatic N) is 6. The Morgan fingerprint density at radius 2 is 1.83 bits per heavy atom. The molecular weight excluding hydrogens is 548 g/mol. The van der Waals surface area contributed by atoms with Gasteiger partial charge in [0.15, 0.2) is 11.5 Å². The van der Waals surface area contributed by atoms with Crippen LogP contribution >= 0.6 is 0 Å². The highest BCUT2D eigenvalue weighted by Crippen LogP contribution is 2.24. The summed E-state index contributed by atoms with van der Waals surface area (Å²) < 4.78 is 56.4. The van der Waals surface area contributed by atoms with Crippen molar-refractivity contribution in [3.63, 3.8) is 0 Å². The van der Waals surface area contributed by atoms with Gasteiger partial charge in [-0.25, -0.2) is 4.39 Å². The highest BCUT2D eigenvalue weighted by molar-refractivity contribution is 5.92. The second-order valence-corrected chi connectivity index (χ2v) is 8.76. The highest BCUT2D eigenvalue weighted by atomic mass is 19.4. The fraction of sp³-hybridized carbons (Fsp3) is 0.269. The number of carbonyl (C=O) groups is 2. The molecule has 0 saturated heterocycles. The molecule has 3 heterocycles. The second-order valence-electron chi connectivity index (χ2n) is 8.76. The zero-order chi connectivity index (χ0) is 29.2. The highest BCUT2D eigenvalue weighted by Gasteiger charge is 2.31. The van der Waals surface area contributed by atoms with Gasteiger partial charge < -0.3 is 15.4 Å². The predicted molar refractivity (Wildman–Crippen MR) is 136 cm³/mol. The molecule has 0 spiro atoms. The number of benzene rings is 1. The molecule has 0 fully saturated rings. The summed E-state index contributed by atoms with van der Waals surface area (Å²) in [5.41, 5.74) is 1.17. The van der Waals surface area contributed by atoms with E-state index in [1.807, 2.05) is 0 Å². The topological polar surface area (TPSA) is 137 Å². The van der Waals surface area contributed by atoms with Gasteiger partial charge in [0.1, 0.15) is 11.6 Å². The standard InChI is InChI=1S/C26H24F4N8O3/c27-21-9-8-20(41-26(28,29)30)13-17(21)15-32-25(40)22-16-38(37-35-22)12-4-2-5-18-7-10-23(36-34-18)33-24(39)14-19-6-1-3-11-31-19/h1,3,6-11,13,16H,2,4-5,12,14-15H2,(H,32,40)(H,33,36,39). The van der Waals surface area contributed by atoms with E-state index in [4.69, 9.17) is 0 Å². The summed E-state index contributed by atoms with van der Waals surface area (Å²) >= 11 is 0. The predicted octanol–water partition coefficient (Wildman–Crippen LogP) is 3.63. The molecule has 214 valence electrons. The van der Waals surface area contributed by atoms with Gasteiger partial charge in [-0.2, -0.15) is 5.10 Å². The first-order valence-corrected chi connectivity index (χ1v) is 12.4. The molecule has 41 heavy (non-hydrogen) atoms. The normalized spacial score (nSPS) is 11.2. The monoisotopic (exact) mass is 572 g/mol. The lowest BCUT2D eigenvalue weighted by atomic mass is 10.2. The van der Waals surface area contributed by atoms with Crippen LogP contribution in [0.2, 0.25) is 0 Å². The number of halogens is 4. The number of pyridine rings is 1. The van der Waals surface area contributed by atoms with Crippen LogP contribution in [0.4, 0.5) is 23.4 Å². The Balaban J connectivity index is 1.17. The largest absolute Gasteiger partial charge is 0.573 e. The Labute approximate surface area is 231 Å². The lowest BCUT2D eigenvalue weighted by Crippen LogP contribution is -2.24. The molecule has 0 aliphatic heterocycles. The molecule has 11 nitrogen and oxygen atoms in total. The average molecular weight is 573 g/mol. The maximum absolute atomic E-state index is 14.0. The zero-order valence-corrected chi connectivity index (χ0v) is 21.4. The molecule has 4 aromatic rings. The SMILES string of the molecule is O=C(Cc1ccccn1)Nc1ccc(CCCCn2cc(C(=O)NCc3cc(OC(F)(F)F)ccc3F)nn2)nn1. The van der Waals surface area contributed by atoms with E-state index in [0.29, 0.717) is 30.9 Å². The van der Waals surface area contributed by atoms with Crippen LogP contribution < -0.4 is 15.4 Å². The summed E-state index contributed by atoms with van der Waals surface area (Å²) in [5, 5.41) is 20.9. The number of rotatable bonds is 12. The average Bonchev–Trinajstić information content (AvgIpc) is 3.41. The van der Waals surface area contributed by atoms with Crippen LogP contribution in [0.3, 0.4) is 0 Å². The van der Waals surface area contributed by atoms with Crippen molar-refractivity contribution in [1.82, 2.24) is 35.5 Å². The Kier molecular flexibility index (Phi) is 9.50. The molecule has 3 aromatic heterocycles. The number of anilines is 1. The van der Waals surface area contributed by atoms with E-state index < -0.39 is 23.8 Å². The van der Waals surface area contributed by atoms with Crippen molar-refractivity contribution >= 4 is 17.6 Å². The Morgan fingerprint density at radius 3 is 2.56 bits per heavy atom. The first kappa shape index (κ1) is 29.0. The molecule has 0 aliphatic rings. The second kappa shape index (κ2) is 13.4. The molecule has 2 amide bonds. The number of aromatic nitrogens is 6. The molecule has 15 heteroatoms. The van der Waals surface area contributed by atoms with Crippen LogP contribution in [0.25, 0.3) is 0 Å². The number of hydrogen-bond donors (Lipinski definition) is 2. The number of hydrogen-bond acceptors (Lipinski definition) is 8. The molecule has 0 aliphatic carbocycles. The Hall–Kier alpha value is -4.95. The van der Waals surface area contributed by atoms with Gasteiger partial charge in [-0.3, -0.25) is 19.3 Å². The van der Waals surface area contributed by atoms with E-state index in [9.17, 15) is 27.2 Å². The summed E-state index contributed by atoms with van der Waals surface area (Å²) in [4.78, 5) is 28.6. The quantitative estimate of drug-likeness (QED) is 0.194. The maximum atomic E-state index is 14.0. The van der Waals surface area contributed by atoms with E-state index in [0.717, 1.165) is 30.3 Å². The number of carbonyl (C=O) groups excluding carboxylic acids is 2. The van der Waals surface area contributed by atoms with Gasteiger partial charge in [0.05, 0.1) is 18.3 Å². The summed E-state index contributed by atoms with van der Waals surface area (Å²) in [7, 11) is 0. The van der Waals surface area contributed by atoms with Crippen LogP contribution in [0.1, 0.15) is 40.3 Å². The number of amides is 2. The molecule has 0 saturated carbocycles. The molecular formula is C26H24F4N8O3. The van der Waals surface area contributed by atoms with Gasteiger partial charge in [0.2, 0.25) is 5.91 Å². The smallest absolute Gasteiger partial charge is 0.406 e. The zero-order valence-electron chi connectivity index (χ0n) is 21.4. The first-order chi connectivity index (χ1) is 19.6. The van der Waals surface area contributed by atoms with Crippen molar-refractivity contribution in [3.8, 4) is 5.75 Å². The Bertz CT molecular complexity index is 1460. The van der Waals surface area contributed by atoms with Crippen LogP contribution in [-0.2, 0) is 30.7 Å². The van der Waals surface area contributed by atoms with E-state index >= 15 is 0 Å². The van der Waals surface area contributed by atoms with Crippen molar-refractivity contribution in [2.45, 2.75) is 45.1 Å². The fourth-order valence-corrected chi connectivity index (χ4v) is 3.66. The number of unbranched alkanes of at least 4 members (excludes halogenated alkanes) is 1. The first-order valence-electron chi connectivity index (χ1n) is 12.4. The lowest BCUT2D eigenvalue weighted by molar-refractivity contribution is -0.274. The van der Waals surface area contributed by atoms with Crippen LogP contribution in [-0.4, -0.2) is 48.4 Å². The van der Waals surface area contributed by atoms with Crippen molar-refractivity contribution in [1.29, 1.82) is 0 Å². The van der Waals surface area contributed by atoms with Crippen molar-refractivity contribution < 1.29 is 31.9 Å². The van der Waals surface area contributed by atoms with Crippen molar-refractivity contribution in [3.05, 3.63) is 89.4 Å². The minimum Gasteiger partial charge on any atom is -0.406 e. The van der Waals surface area contributed by atoms with Crippen LogP contribution in [0, 0.1) is 5.82 Å². The summed E-state index contributed by atoms with van der Waals surface area (Å²) in [6, 6.07) is 11.3. The lowest BCUT2D eigenvalue weighted by Gasteiger charge is -2.11. The third-order valence-corrected chi connectivity index (χ3v) is 5.59. The molecule has 4 rings (SSSR count). The number of ether oxygens (including phenoxy) is 1. The van der Waals surface area contributed by atoms with Crippen molar-refractivity contribution in [2.75, 3.05) is 5.32 Å². The molecule has 1 aromatic carbocycles. The molecule has 0 unspecified atom stereocenters. The van der Waals surface area contributed by atoms with Gasteiger partial charge in [-0.05, 0) is 61.7 Å². The number of aryl methyl sites for hydroxylation is 2. The number of alkyl halides is 3. The van der Waals surface area contributed by atoms with E-state index in [2.05, 4.69) is 40.9 Å². The van der Waals surface area contributed by atoms with E-state index in [1.54, 1.807) is 36.5 Å². The van der Waals surface area contributed by atoms with Gasteiger partial charge in [0, 0.05) is 30.5 Å². The minimum absolute atomic E-state index is 0.0281. The fourth-order valence-electron chi connectivity index (χ4n) is 3.66. The van der Waals surface area contributed by atoms with Gasteiger partial charge in [-0.15, -0.1) is 23.4 Å². The minimum atomic E-state index is -4.92. The summed E-state index contributed by atoms with van der Waals surface area (Å²) in [6.45, 7) is 0.0845. The Morgan fingerprint density at radius 1 is 0.976 bits per heavy atom. The van der Waals surface area contributed by atoms with Crippen molar-refractivity contribution in [2.24, 2.45) is 0 Å². The molecule has 0 atom stereocenters. The maximum Gasteiger partial charge on any atom is 0.573 e. The summed E-state index contributed by atoms with van der Waals surface area (Å²) in [6.07, 6.45) is 0.282. The van der Waals surface area contributed by atoms with Crippen LogP contribution in [0.15, 0.2) is 60.9 Å².